The largest absolute Gasteiger partial charge is 0.456 e. The van der Waals surface area contributed by atoms with E-state index in [1.165, 1.54) is 12.1 Å². The van der Waals surface area contributed by atoms with Gasteiger partial charge in [0.05, 0.1) is 37.5 Å². The SMILES string of the molecule is O[C@@H]1CO[C@H]2C1OC[C@H]2Oc1nc2nc(-c3c(F)cc(N4CCOCC4)cc3F)c(F)cc2[nH]1. The number of rotatable bonds is 4. The summed E-state index contributed by atoms with van der Waals surface area (Å²) in [6, 6.07) is 3.43. The molecular formula is C22H21F3N4O5. The summed E-state index contributed by atoms with van der Waals surface area (Å²) in [7, 11) is 0. The van der Waals surface area contributed by atoms with Crippen LogP contribution in [0.25, 0.3) is 22.4 Å². The number of imidazole rings is 1. The summed E-state index contributed by atoms with van der Waals surface area (Å²) in [5.41, 5.74) is -0.465. The van der Waals surface area contributed by atoms with Crippen LogP contribution in [0, 0.1) is 17.5 Å². The summed E-state index contributed by atoms with van der Waals surface area (Å²) in [4.78, 5) is 12.9. The molecule has 2 aromatic heterocycles. The third-order valence-electron chi connectivity index (χ3n) is 6.29. The van der Waals surface area contributed by atoms with Gasteiger partial charge in [-0.3, -0.25) is 0 Å². The van der Waals surface area contributed by atoms with Crippen LogP contribution >= 0.6 is 0 Å². The smallest absolute Gasteiger partial charge is 0.296 e. The van der Waals surface area contributed by atoms with Crippen molar-refractivity contribution in [2.24, 2.45) is 0 Å². The first-order valence-electron chi connectivity index (χ1n) is 10.9. The lowest BCUT2D eigenvalue weighted by molar-refractivity contribution is 0.00706. The number of hydrogen-bond acceptors (Lipinski definition) is 8. The normalized spacial score (nSPS) is 26.9. The molecule has 34 heavy (non-hydrogen) atoms. The predicted molar refractivity (Wildman–Crippen MR) is 112 cm³/mol. The zero-order valence-electron chi connectivity index (χ0n) is 17.8. The summed E-state index contributed by atoms with van der Waals surface area (Å²) in [6.45, 7) is 2.26. The second-order valence-electron chi connectivity index (χ2n) is 8.44. The Kier molecular flexibility index (Phi) is 5.32. The molecule has 0 aliphatic carbocycles. The van der Waals surface area contributed by atoms with Gasteiger partial charge in [-0.25, -0.2) is 18.2 Å². The molecule has 3 saturated heterocycles. The van der Waals surface area contributed by atoms with Crippen LogP contribution in [0.4, 0.5) is 18.9 Å². The highest BCUT2D eigenvalue weighted by Gasteiger charge is 2.48. The molecule has 0 spiro atoms. The van der Waals surface area contributed by atoms with Gasteiger partial charge in [0.25, 0.3) is 6.01 Å². The number of nitrogens with zero attached hydrogens (tertiary/aromatic N) is 3. The molecule has 0 bridgehead atoms. The standard InChI is InChI=1S/C22H21F3N4O5/c23-11-5-10(29-1-3-31-4-2-29)6-12(24)17(11)18-13(25)7-14-21(27-18)28-22(26-14)34-16-9-33-19-15(30)8-32-20(16)19/h5-7,15-16,19-20,30H,1-4,8-9H2,(H,26,27,28)/t15-,16-,19?,20-/m1/s1. The molecule has 0 amide bonds. The fraction of sp³-hybridized carbons (Fsp3) is 0.455. The number of anilines is 1. The van der Waals surface area contributed by atoms with E-state index in [1.807, 2.05) is 0 Å². The first-order chi connectivity index (χ1) is 16.5. The van der Waals surface area contributed by atoms with Gasteiger partial charge in [0.2, 0.25) is 0 Å². The van der Waals surface area contributed by atoms with Crippen LogP contribution in [0.1, 0.15) is 0 Å². The molecular weight excluding hydrogens is 457 g/mol. The maximum absolute atomic E-state index is 15.0. The maximum Gasteiger partial charge on any atom is 0.296 e. The average Bonchev–Trinajstić information content (AvgIpc) is 3.51. The van der Waals surface area contributed by atoms with Crippen LogP contribution in [-0.2, 0) is 14.2 Å². The quantitative estimate of drug-likeness (QED) is 0.586. The van der Waals surface area contributed by atoms with E-state index in [1.54, 1.807) is 4.90 Å². The summed E-state index contributed by atoms with van der Waals surface area (Å²) in [5, 5.41) is 9.85. The van der Waals surface area contributed by atoms with E-state index in [2.05, 4.69) is 15.0 Å². The Morgan fingerprint density at radius 1 is 0.971 bits per heavy atom. The molecule has 1 unspecified atom stereocenters. The number of nitrogens with one attached hydrogen (secondary N) is 1. The van der Waals surface area contributed by atoms with E-state index in [4.69, 9.17) is 18.9 Å². The highest BCUT2D eigenvalue weighted by molar-refractivity contribution is 5.77. The Hall–Kier alpha value is -2.93. The molecule has 3 fully saturated rings. The lowest BCUT2D eigenvalue weighted by Crippen LogP contribution is -2.36. The predicted octanol–water partition coefficient (Wildman–Crippen LogP) is 1.78. The van der Waals surface area contributed by atoms with Crippen LogP contribution in [0.15, 0.2) is 18.2 Å². The van der Waals surface area contributed by atoms with E-state index in [-0.39, 0.29) is 30.4 Å². The minimum absolute atomic E-state index is 0.0295. The topological polar surface area (TPSA) is 102 Å². The molecule has 3 aliphatic rings. The second kappa shape index (κ2) is 8.38. The minimum Gasteiger partial charge on any atom is -0.456 e. The van der Waals surface area contributed by atoms with E-state index in [0.717, 1.165) is 6.07 Å². The van der Waals surface area contributed by atoms with Crippen molar-refractivity contribution in [3.8, 4) is 17.3 Å². The number of morpholine rings is 1. The van der Waals surface area contributed by atoms with Crippen molar-refractivity contribution < 1.29 is 37.2 Å². The number of aromatic amines is 1. The van der Waals surface area contributed by atoms with Crippen molar-refractivity contribution in [2.75, 3.05) is 44.4 Å². The van der Waals surface area contributed by atoms with Crippen molar-refractivity contribution in [3.63, 3.8) is 0 Å². The number of aromatic nitrogens is 3. The Labute approximate surface area is 191 Å². The molecule has 2 N–H and O–H groups in total. The molecule has 9 nitrogen and oxygen atoms in total. The number of aliphatic hydroxyl groups is 1. The van der Waals surface area contributed by atoms with E-state index in [0.29, 0.717) is 32.0 Å². The van der Waals surface area contributed by atoms with E-state index >= 15 is 0 Å². The Morgan fingerprint density at radius 3 is 2.47 bits per heavy atom. The van der Waals surface area contributed by atoms with Crippen molar-refractivity contribution in [3.05, 3.63) is 35.7 Å². The Bertz CT molecular complexity index is 1210. The summed E-state index contributed by atoms with van der Waals surface area (Å²) in [5.74, 6) is -2.76. The Balaban J connectivity index is 1.29. The third-order valence-corrected chi connectivity index (χ3v) is 6.29. The maximum atomic E-state index is 15.0. The molecule has 4 atom stereocenters. The van der Waals surface area contributed by atoms with Crippen molar-refractivity contribution in [2.45, 2.75) is 24.4 Å². The fourth-order valence-electron chi connectivity index (χ4n) is 4.61. The number of fused-ring (bicyclic) bond motifs is 2. The molecule has 5 heterocycles. The third kappa shape index (κ3) is 3.66. The number of hydrogen-bond donors (Lipinski definition) is 2. The number of H-pyrrole nitrogens is 1. The second-order valence-corrected chi connectivity index (χ2v) is 8.44. The molecule has 12 heteroatoms. The van der Waals surface area contributed by atoms with Crippen molar-refractivity contribution in [1.82, 2.24) is 15.0 Å². The van der Waals surface area contributed by atoms with Gasteiger partial charge < -0.3 is 33.9 Å². The Morgan fingerprint density at radius 2 is 1.71 bits per heavy atom. The molecule has 6 rings (SSSR count). The van der Waals surface area contributed by atoms with Gasteiger partial charge in [0.1, 0.15) is 35.6 Å². The number of aliphatic hydroxyl groups excluding tert-OH is 1. The van der Waals surface area contributed by atoms with Crippen LogP contribution in [0.5, 0.6) is 6.01 Å². The number of halogens is 3. The van der Waals surface area contributed by atoms with Crippen LogP contribution in [-0.4, -0.2) is 84.0 Å². The van der Waals surface area contributed by atoms with E-state index in [9.17, 15) is 18.3 Å². The van der Waals surface area contributed by atoms with Crippen LogP contribution in [0.3, 0.4) is 0 Å². The lowest BCUT2D eigenvalue weighted by atomic mass is 10.1. The fourth-order valence-corrected chi connectivity index (χ4v) is 4.61. The van der Waals surface area contributed by atoms with Crippen LogP contribution in [0.2, 0.25) is 0 Å². The first kappa shape index (κ1) is 21.6. The minimum atomic E-state index is -0.926. The first-order valence-corrected chi connectivity index (χ1v) is 10.9. The molecule has 1 aromatic carbocycles. The van der Waals surface area contributed by atoms with Gasteiger partial charge in [-0.05, 0) is 12.1 Å². The number of ether oxygens (including phenoxy) is 4. The highest BCUT2D eigenvalue weighted by atomic mass is 19.1. The molecule has 0 saturated carbocycles. The number of pyridine rings is 1. The zero-order valence-corrected chi connectivity index (χ0v) is 17.8. The van der Waals surface area contributed by atoms with Crippen molar-refractivity contribution in [1.29, 1.82) is 0 Å². The van der Waals surface area contributed by atoms with Gasteiger partial charge in [-0.2, -0.15) is 4.98 Å². The van der Waals surface area contributed by atoms with Gasteiger partial charge in [-0.15, -0.1) is 0 Å². The van der Waals surface area contributed by atoms with Gasteiger partial charge in [-0.1, -0.05) is 0 Å². The van der Waals surface area contributed by atoms with Gasteiger partial charge in [0, 0.05) is 24.8 Å². The van der Waals surface area contributed by atoms with Crippen molar-refractivity contribution >= 4 is 16.9 Å². The zero-order chi connectivity index (χ0) is 23.4. The molecule has 180 valence electrons. The van der Waals surface area contributed by atoms with Gasteiger partial charge >= 0.3 is 0 Å². The van der Waals surface area contributed by atoms with Gasteiger partial charge in [0.15, 0.2) is 17.6 Å². The average molecular weight is 478 g/mol. The summed E-state index contributed by atoms with van der Waals surface area (Å²) >= 11 is 0. The van der Waals surface area contributed by atoms with Crippen LogP contribution < -0.4 is 9.64 Å². The monoisotopic (exact) mass is 478 g/mol. The molecule has 3 aromatic rings. The molecule has 3 aliphatic heterocycles. The molecule has 0 radical (unpaired) electrons. The highest BCUT2D eigenvalue weighted by Crippen LogP contribution is 2.33. The van der Waals surface area contributed by atoms with E-state index < -0.39 is 53.1 Å². The lowest BCUT2D eigenvalue weighted by Gasteiger charge is -2.29. The number of benzene rings is 1. The summed E-state index contributed by atoms with van der Waals surface area (Å²) < 4.78 is 66.9. The summed E-state index contributed by atoms with van der Waals surface area (Å²) in [6.07, 6.45) is -2.21.